The molecule has 128 valence electrons. The molecule has 1 aliphatic heterocycles. The summed E-state index contributed by atoms with van der Waals surface area (Å²) in [4.78, 5) is 21.6. The number of pyridine rings is 1. The second kappa shape index (κ2) is 6.08. The molecule has 1 aliphatic rings. The molecule has 0 radical (unpaired) electrons. The Balaban J connectivity index is 1.81. The first kappa shape index (κ1) is 16.7. The zero-order chi connectivity index (χ0) is 17.5. The first-order valence-corrected chi connectivity index (χ1v) is 8.68. The van der Waals surface area contributed by atoms with Crippen molar-refractivity contribution < 1.29 is 4.79 Å². The highest BCUT2D eigenvalue weighted by Gasteiger charge is 2.30. The maximum absolute atomic E-state index is 12.4. The molecule has 0 saturated carbocycles. The van der Waals surface area contributed by atoms with Crippen LogP contribution in [-0.4, -0.2) is 42.0 Å². The minimum atomic E-state index is -0.308. The summed E-state index contributed by atoms with van der Waals surface area (Å²) in [6, 6.07) is 8.50. The third-order valence-electron chi connectivity index (χ3n) is 4.77. The van der Waals surface area contributed by atoms with Crippen molar-refractivity contribution in [1.82, 2.24) is 9.88 Å². The van der Waals surface area contributed by atoms with Crippen molar-refractivity contribution in [3.05, 3.63) is 35.4 Å². The Labute approximate surface area is 144 Å². The van der Waals surface area contributed by atoms with Crippen LogP contribution in [0.1, 0.15) is 31.9 Å². The quantitative estimate of drug-likeness (QED) is 0.804. The summed E-state index contributed by atoms with van der Waals surface area (Å²) in [5.41, 5.74) is 3.24. The fourth-order valence-corrected chi connectivity index (χ4v) is 3.32. The minimum Gasteiger partial charge on any atom is -0.353 e. The third-order valence-corrected chi connectivity index (χ3v) is 4.77. The van der Waals surface area contributed by atoms with Gasteiger partial charge in [-0.1, -0.05) is 39.0 Å². The predicted molar refractivity (Wildman–Crippen MR) is 99.5 cm³/mol. The van der Waals surface area contributed by atoms with Crippen molar-refractivity contribution >= 4 is 22.6 Å². The molecule has 0 spiro atoms. The van der Waals surface area contributed by atoms with E-state index in [9.17, 15) is 4.79 Å². The molecular weight excluding hydrogens is 298 g/mol. The fraction of sp³-hybridized carbons (Fsp3) is 0.500. The Morgan fingerprint density at radius 1 is 1.04 bits per heavy atom. The molecule has 24 heavy (non-hydrogen) atoms. The molecule has 3 rings (SSSR count). The van der Waals surface area contributed by atoms with E-state index < -0.39 is 0 Å². The number of amides is 1. The Morgan fingerprint density at radius 3 is 2.33 bits per heavy atom. The molecule has 0 aliphatic carbocycles. The van der Waals surface area contributed by atoms with Gasteiger partial charge >= 0.3 is 0 Å². The molecule has 4 heteroatoms. The first-order chi connectivity index (χ1) is 11.3. The smallest absolute Gasteiger partial charge is 0.228 e. The Bertz CT molecular complexity index is 768. The van der Waals surface area contributed by atoms with Gasteiger partial charge in [-0.05, 0) is 31.0 Å². The van der Waals surface area contributed by atoms with Crippen LogP contribution in [0.4, 0.5) is 5.82 Å². The lowest BCUT2D eigenvalue weighted by molar-refractivity contribution is -0.139. The lowest BCUT2D eigenvalue weighted by atomic mass is 9.94. The number of anilines is 1. The van der Waals surface area contributed by atoms with E-state index in [4.69, 9.17) is 4.98 Å². The minimum absolute atomic E-state index is 0.237. The number of aromatic nitrogens is 1. The van der Waals surface area contributed by atoms with Gasteiger partial charge in [0.2, 0.25) is 5.91 Å². The number of nitrogens with zero attached hydrogens (tertiary/aromatic N) is 3. The average molecular weight is 325 g/mol. The highest BCUT2D eigenvalue weighted by Crippen LogP contribution is 2.26. The Hall–Kier alpha value is -2.10. The van der Waals surface area contributed by atoms with Crippen molar-refractivity contribution in [2.75, 3.05) is 31.1 Å². The van der Waals surface area contributed by atoms with Crippen LogP contribution in [0, 0.1) is 19.3 Å². The molecule has 2 aromatic rings. The zero-order valence-electron chi connectivity index (χ0n) is 15.4. The summed E-state index contributed by atoms with van der Waals surface area (Å²) < 4.78 is 0. The molecule has 1 aromatic heterocycles. The highest BCUT2D eigenvalue weighted by molar-refractivity contribution is 5.86. The SMILES string of the molecule is Cc1cc(N2CCN(C(=O)C(C)(C)C)CC2)nc2c(C)cccc12. The van der Waals surface area contributed by atoms with E-state index >= 15 is 0 Å². The first-order valence-electron chi connectivity index (χ1n) is 8.68. The standard InChI is InChI=1S/C20H27N3O/c1-14-7-6-8-16-15(2)13-17(21-18(14)16)22-9-11-23(12-10-22)19(24)20(3,4)5/h6-8,13H,9-12H2,1-5H3. The lowest BCUT2D eigenvalue weighted by Crippen LogP contribution is -2.51. The van der Waals surface area contributed by atoms with Crippen LogP contribution in [0.15, 0.2) is 24.3 Å². The monoisotopic (exact) mass is 325 g/mol. The number of rotatable bonds is 1. The van der Waals surface area contributed by atoms with Gasteiger partial charge in [-0.25, -0.2) is 4.98 Å². The van der Waals surface area contributed by atoms with Gasteiger partial charge in [0.25, 0.3) is 0 Å². The van der Waals surface area contributed by atoms with Crippen molar-refractivity contribution in [3.63, 3.8) is 0 Å². The molecule has 2 heterocycles. The number of carbonyl (C=O) groups is 1. The van der Waals surface area contributed by atoms with E-state index in [1.54, 1.807) is 0 Å². The van der Waals surface area contributed by atoms with Gasteiger partial charge in [0.1, 0.15) is 5.82 Å². The zero-order valence-corrected chi connectivity index (χ0v) is 15.4. The summed E-state index contributed by atoms with van der Waals surface area (Å²) in [5, 5.41) is 1.22. The number of para-hydroxylation sites is 1. The van der Waals surface area contributed by atoms with Crippen LogP contribution in [0.3, 0.4) is 0 Å². The summed E-state index contributed by atoms with van der Waals surface area (Å²) in [6.45, 7) is 13.4. The average Bonchev–Trinajstić information content (AvgIpc) is 2.54. The van der Waals surface area contributed by atoms with Crippen LogP contribution in [-0.2, 0) is 4.79 Å². The van der Waals surface area contributed by atoms with Gasteiger partial charge in [0.15, 0.2) is 0 Å². The van der Waals surface area contributed by atoms with Crippen molar-refractivity contribution in [1.29, 1.82) is 0 Å². The number of piperazine rings is 1. The van der Waals surface area contributed by atoms with Gasteiger partial charge in [0, 0.05) is 37.0 Å². The van der Waals surface area contributed by atoms with Gasteiger partial charge in [-0.2, -0.15) is 0 Å². The van der Waals surface area contributed by atoms with E-state index in [0.717, 1.165) is 37.5 Å². The number of hydrogen-bond acceptors (Lipinski definition) is 3. The van der Waals surface area contributed by atoms with E-state index in [2.05, 4.69) is 43.0 Å². The molecule has 0 atom stereocenters. The van der Waals surface area contributed by atoms with Crippen molar-refractivity contribution in [2.24, 2.45) is 5.41 Å². The maximum atomic E-state index is 12.4. The van der Waals surface area contributed by atoms with Gasteiger partial charge in [-0.15, -0.1) is 0 Å². The third kappa shape index (κ3) is 3.10. The lowest BCUT2D eigenvalue weighted by Gasteiger charge is -2.38. The molecule has 0 N–H and O–H groups in total. The van der Waals surface area contributed by atoms with Crippen LogP contribution >= 0.6 is 0 Å². The summed E-state index contributed by atoms with van der Waals surface area (Å²) >= 11 is 0. The highest BCUT2D eigenvalue weighted by atomic mass is 16.2. The number of hydrogen-bond donors (Lipinski definition) is 0. The van der Waals surface area contributed by atoms with E-state index in [0.29, 0.717) is 0 Å². The number of carbonyl (C=O) groups excluding carboxylic acids is 1. The Kier molecular flexibility index (Phi) is 4.24. The molecule has 1 saturated heterocycles. The normalized spacial score (nSPS) is 15.9. The number of benzene rings is 1. The molecule has 0 unspecified atom stereocenters. The largest absolute Gasteiger partial charge is 0.353 e. The summed E-state index contributed by atoms with van der Waals surface area (Å²) in [7, 11) is 0. The number of aryl methyl sites for hydroxylation is 2. The van der Waals surface area contributed by atoms with Gasteiger partial charge in [-0.3, -0.25) is 4.79 Å². The van der Waals surface area contributed by atoms with Crippen LogP contribution in [0.25, 0.3) is 10.9 Å². The van der Waals surface area contributed by atoms with Gasteiger partial charge < -0.3 is 9.80 Å². The number of fused-ring (bicyclic) bond motifs is 1. The van der Waals surface area contributed by atoms with Crippen molar-refractivity contribution in [3.8, 4) is 0 Å². The second-order valence-electron chi connectivity index (χ2n) is 7.80. The molecule has 0 bridgehead atoms. The molecule has 4 nitrogen and oxygen atoms in total. The Morgan fingerprint density at radius 2 is 1.71 bits per heavy atom. The maximum Gasteiger partial charge on any atom is 0.228 e. The van der Waals surface area contributed by atoms with E-state index in [-0.39, 0.29) is 11.3 Å². The topological polar surface area (TPSA) is 36.4 Å². The fourth-order valence-electron chi connectivity index (χ4n) is 3.32. The van der Waals surface area contributed by atoms with Crippen molar-refractivity contribution in [2.45, 2.75) is 34.6 Å². The van der Waals surface area contributed by atoms with Crippen LogP contribution in [0.5, 0.6) is 0 Å². The van der Waals surface area contributed by atoms with Gasteiger partial charge in [0.05, 0.1) is 5.52 Å². The second-order valence-corrected chi connectivity index (χ2v) is 7.80. The van der Waals surface area contributed by atoms with Crippen LogP contribution in [0.2, 0.25) is 0 Å². The van der Waals surface area contributed by atoms with E-state index in [1.165, 1.54) is 16.5 Å². The van der Waals surface area contributed by atoms with Crippen LogP contribution < -0.4 is 4.90 Å². The summed E-state index contributed by atoms with van der Waals surface area (Å²) in [6.07, 6.45) is 0. The predicted octanol–water partition coefficient (Wildman–Crippen LogP) is 3.55. The summed E-state index contributed by atoms with van der Waals surface area (Å²) in [5.74, 6) is 1.26. The van der Waals surface area contributed by atoms with E-state index in [1.807, 2.05) is 25.7 Å². The molecule has 1 aromatic carbocycles. The molecule has 1 fully saturated rings. The molecular formula is C20H27N3O. The molecule has 1 amide bonds.